The Balaban J connectivity index is 2.52. The molecule has 2 heteroatoms. The first kappa shape index (κ1) is 9.78. The molecule has 74 valence electrons. The van der Waals surface area contributed by atoms with Crippen LogP contribution in [0.4, 0.5) is 5.69 Å². The summed E-state index contributed by atoms with van der Waals surface area (Å²) in [6.07, 6.45) is 0. The largest absolute Gasteiger partial charge is 0.211 e. The number of rotatable bonds is 1. The molecule has 0 N–H and O–H groups in total. The molecule has 1 aliphatic rings. The summed E-state index contributed by atoms with van der Waals surface area (Å²) >= 11 is 1.90. The van der Waals surface area contributed by atoms with Gasteiger partial charge in [0.05, 0.1) is 5.75 Å². The summed E-state index contributed by atoms with van der Waals surface area (Å²) in [6.45, 7) is 7.71. The third kappa shape index (κ3) is 1.71. The van der Waals surface area contributed by atoms with Crippen LogP contribution in [0, 0.1) is 20.8 Å². The minimum absolute atomic E-state index is 1.15. The summed E-state index contributed by atoms with van der Waals surface area (Å²) in [6, 6.07) is 4.53. The first-order valence-corrected chi connectivity index (χ1v) is 6.03. The molecule has 0 aliphatic carbocycles. The van der Waals surface area contributed by atoms with Crippen LogP contribution in [0.1, 0.15) is 16.7 Å². The van der Waals surface area contributed by atoms with Gasteiger partial charge < -0.3 is 0 Å². The van der Waals surface area contributed by atoms with Gasteiger partial charge in [0.15, 0.2) is 6.54 Å². The van der Waals surface area contributed by atoms with Crippen molar-refractivity contribution in [2.45, 2.75) is 20.8 Å². The molecule has 0 bridgehead atoms. The van der Waals surface area contributed by atoms with Crippen LogP contribution < -0.4 is 0 Å². The second-order valence-electron chi connectivity index (χ2n) is 3.92. The minimum Gasteiger partial charge on any atom is -0.192 e. The molecular formula is C12H16NS+. The van der Waals surface area contributed by atoms with E-state index in [0.29, 0.717) is 0 Å². The fourth-order valence-corrected chi connectivity index (χ4v) is 2.93. The molecule has 1 aliphatic heterocycles. The predicted octanol–water partition coefficient (Wildman–Crippen LogP) is 3.03. The Kier molecular flexibility index (Phi) is 2.64. The Morgan fingerprint density at radius 3 is 2.29 bits per heavy atom. The van der Waals surface area contributed by atoms with Crippen LogP contribution >= 0.6 is 11.8 Å². The zero-order valence-electron chi connectivity index (χ0n) is 9.00. The standard InChI is InChI=1S/C12H16NS/c1-9-6-10(2)12(11(3)7-9)13-4-5-14-8-13/h6-8H,4-5H2,1-3H3/q+1. The predicted molar refractivity (Wildman–Crippen MR) is 64.0 cm³/mol. The first-order valence-electron chi connectivity index (χ1n) is 4.98. The second kappa shape index (κ2) is 3.77. The average Bonchev–Trinajstić information content (AvgIpc) is 2.54. The lowest BCUT2D eigenvalue weighted by Crippen LogP contribution is -2.06. The van der Waals surface area contributed by atoms with Gasteiger partial charge in [-0.2, -0.15) is 4.58 Å². The van der Waals surface area contributed by atoms with Gasteiger partial charge in [0.25, 0.3) is 0 Å². The Morgan fingerprint density at radius 2 is 1.79 bits per heavy atom. The highest BCUT2D eigenvalue weighted by atomic mass is 32.2. The van der Waals surface area contributed by atoms with E-state index in [1.807, 2.05) is 11.8 Å². The fraction of sp³-hybridized carbons (Fsp3) is 0.417. The average molecular weight is 206 g/mol. The summed E-state index contributed by atoms with van der Waals surface area (Å²) in [5.74, 6) is 1.22. The molecule has 0 spiro atoms. The van der Waals surface area contributed by atoms with Gasteiger partial charge in [0, 0.05) is 11.1 Å². The minimum atomic E-state index is 1.15. The zero-order chi connectivity index (χ0) is 10.1. The third-order valence-corrected chi connectivity index (χ3v) is 3.40. The first-order chi connectivity index (χ1) is 6.68. The van der Waals surface area contributed by atoms with Crippen molar-refractivity contribution in [2.24, 2.45) is 0 Å². The molecule has 0 amide bonds. The highest BCUT2D eigenvalue weighted by molar-refractivity contribution is 8.12. The number of benzene rings is 1. The van der Waals surface area contributed by atoms with Gasteiger partial charge in [-0.3, -0.25) is 0 Å². The summed E-state index contributed by atoms with van der Waals surface area (Å²) in [4.78, 5) is 0. The number of aryl methyl sites for hydroxylation is 3. The van der Waals surface area contributed by atoms with Crippen molar-refractivity contribution in [3.8, 4) is 0 Å². The summed E-state index contributed by atoms with van der Waals surface area (Å²) in [5.41, 5.74) is 7.78. The molecule has 0 radical (unpaired) electrons. The maximum Gasteiger partial charge on any atom is 0.211 e. The van der Waals surface area contributed by atoms with E-state index in [4.69, 9.17) is 0 Å². The van der Waals surface area contributed by atoms with Gasteiger partial charge in [-0.05, 0) is 32.9 Å². The van der Waals surface area contributed by atoms with Gasteiger partial charge in [-0.25, -0.2) is 0 Å². The fourth-order valence-electron chi connectivity index (χ4n) is 2.14. The smallest absolute Gasteiger partial charge is 0.192 e. The number of nitrogens with zero attached hydrogens (tertiary/aromatic N) is 1. The molecule has 2 rings (SSSR count). The van der Waals surface area contributed by atoms with Crippen molar-refractivity contribution >= 4 is 23.0 Å². The Hall–Kier alpha value is -0.760. The van der Waals surface area contributed by atoms with E-state index >= 15 is 0 Å². The van der Waals surface area contributed by atoms with E-state index < -0.39 is 0 Å². The maximum atomic E-state index is 2.37. The summed E-state index contributed by atoms with van der Waals surface area (Å²) < 4.78 is 2.37. The van der Waals surface area contributed by atoms with Crippen LogP contribution in [0.15, 0.2) is 12.1 Å². The SMILES string of the molecule is Cc1cc(C)c([N+]2=CSCC2)c(C)c1. The maximum absolute atomic E-state index is 2.37. The molecule has 1 aromatic carbocycles. The van der Waals surface area contributed by atoms with Gasteiger partial charge >= 0.3 is 0 Å². The normalized spacial score (nSPS) is 15.8. The van der Waals surface area contributed by atoms with Crippen molar-refractivity contribution in [3.63, 3.8) is 0 Å². The van der Waals surface area contributed by atoms with Crippen LogP contribution in [0.3, 0.4) is 0 Å². The molecule has 0 saturated heterocycles. The molecule has 14 heavy (non-hydrogen) atoms. The van der Waals surface area contributed by atoms with Gasteiger partial charge in [0.1, 0.15) is 0 Å². The van der Waals surface area contributed by atoms with Crippen LogP contribution in [-0.2, 0) is 0 Å². The third-order valence-electron chi connectivity index (χ3n) is 2.57. The van der Waals surface area contributed by atoms with Gasteiger partial charge in [0.2, 0.25) is 11.2 Å². The number of thioether (sulfide) groups is 1. The molecule has 1 aromatic rings. The lowest BCUT2D eigenvalue weighted by molar-refractivity contribution is -0.424. The van der Waals surface area contributed by atoms with E-state index in [0.717, 1.165) is 6.54 Å². The Bertz CT molecular complexity index is 370. The molecule has 0 unspecified atom stereocenters. The topological polar surface area (TPSA) is 3.01 Å². The monoisotopic (exact) mass is 206 g/mol. The van der Waals surface area contributed by atoms with Crippen LogP contribution in [0.5, 0.6) is 0 Å². The van der Waals surface area contributed by atoms with E-state index in [1.165, 1.54) is 28.1 Å². The molecule has 0 atom stereocenters. The van der Waals surface area contributed by atoms with E-state index in [9.17, 15) is 0 Å². The molecule has 1 nitrogen and oxygen atoms in total. The molecule has 0 saturated carbocycles. The van der Waals surface area contributed by atoms with Gasteiger partial charge in [-0.1, -0.05) is 17.3 Å². The van der Waals surface area contributed by atoms with Crippen LogP contribution in [-0.4, -0.2) is 22.4 Å². The highest BCUT2D eigenvalue weighted by Crippen LogP contribution is 2.26. The van der Waals surface area contributed by atoms with Crippen molar-refractivity contribution in [1.82, 2.24) is 0 Å². The number of hydrogen-bond donors (Lipinski definition) is 0. The highest BCUT2D eigenvalue weighted by Gasteiger charge is 2.19. The lowest BCUT2D eigenvalue weighted by atomic mass is 10.0. The zero-order valence-corrected chi connectivity index (χ0v) is 9.82. The van der Waals surface area contributed by atoms with Crippen molar-refractivity contribution in [2.75, 3.05) is 12.3 Å². The Morgan fingerprint density at radius 1 is 1.14 bits per heavy atom. The quantitative estimate of drug-likeness (QED) is 0.638. The molecule has 1 heterocycles. The van der Waals surface area contributed by atoms with E-state index in [2.05, 4.69) is 43.0 Å². The number of hydrogen-bond acceptors (Lipinski definition) is 1. The lowest BCUT2D eigenvalue weighted by Gasteiger charge is -2.06. The second-order valence-corrected chi connectivity index (χ2v) is 4.87. The molecule has 0 fully saturated rings. The van der Waals surface area contributed by atoms with Crippen molar-refractivity contribution in [3.05, 3.63) is 28.8 Å². The van der Waals surface area contributed by atoms with Gasteiger partial charge in [-0.15, -0.1) is 0 Å². The molecule has 0 aromatic heterocycles. The summed E-state index contributed by atoms with van der Waals surface area (Å²) in [7, 11) is 0. The Labute approximate surface area is 89.8 Å². The van der Waals surface area contributed by atoms with Crippen LogP contribution in [0.2, 0.25) is 0 Å². The van der Waals surface area contributed by atoms with Crippen LogP contribution in [0.25, 0.3) is 0 Å². The van der Waals surface area contributed by atoms with Crippen molar-refractivity contribution in [1.29, 1.82) is 0 Å². The summed E-state index contributed by atoms with van der Waals surface area (Å²) in [5, 5.41) is 0. The van der Waals surface area contributed by atoms with E-state index in [1.54, 1.807) is 0 Å². The van der Waals surface area contributed by atoms with E-state index in [-0.39, 0.29) is 0 Å². The van der Waals surface area contributed by atoms with Crippen molar-refractivity contribution < 1.29 is 4.58 Å². The molecular weight excluding hydrogens is 190 g/mol.